The molecule has 0 aliphatic carbocycles. The normalized spacial score (nSPS) is 12.2. The molecule has 0 aromatic heterocycles. The van der Waals surface area contributed by atoms with Crippen LogP contribution in [0.2, 0.25) is 0 Å². The van der Waals surface area contributed by atoms with Crippen LogP contribution in [0.3, 0.4) is 0 Å². The number of nitrogens with one attached hydrogen (secondary N) is 1. The molecule has 17 heavy (non-hydrogen) atoms. The molecule has 94 valence electrons. The summed E-state index contributed by atoms with van der Waals surface area (Å²) in [5.41, 5.74) is 6.57. The summed E-state index contributed by atoms with van der Waals surface area (Å²) in [6.45, 7) is 2.58. The van der Waals surface area contributed by atoms with E-state index in [0.29, 0.717) is 13.0 Å². The number of amides is 1. The molecule has 0 heterocycles. The fourth-order valence-electron chi connectivity index (χ4n) is 1.65. The van der Waals surface area contributed by atoms with Crippen LogP contribution >= 0.6 is 15.9 Å². The van der Waals surface area contributed by atoms with Crippen molar-refractivity contribution in [2.75, 3.05) is 6.54 Å². The van der Waals surface area contributed by atoms with E-state index in [0.717, 1.165) is 17.3 Å². The van der Waals surface area contributed by atoms with Crippen LogP contribution in [-0.4, -0.2) is 18.5 Å². The number of halogens is 1. The molecule has 3 N–H and O–H groups in total. The van der Waals surface area contributed by atoms with Gasteiger partial charge >= 0.3 is 0 Å². The number of hydrogen-bond acceptors (Lipinski definition) is 2. The molecule has 0 spiro atoms. The van der Waals surface area contributed by atoms with Crippen molar-refractivity contribution >= 4 is 21.8 Å². The third-order valence-corrected chi connectivity index (χ3v) is 3.27. The third-order valence-electron chi connectivity index (χ3n) is 2.50. The Morgan fingerprint density at radius 3 is 2.82 bits per heavy atom. The van der Waals surface area contributed by atoms with Gasteiger partial charge in [0.15, 0.2) is 0 Å². The summed E-state index contributed by atoms with van der Waals surface area (Å²) in [6, 6.07) is 8.20. The molecule has 1 aromatic carbocycles. The van der Waals surface area contributed by atoms with Crippen molar-refractivity contribution in [3.63, 3.8) is 0 Å². The molecule has 4 heteroatoms. The molecule has 0 aliphatic heterocycles. The highest BCUT2D eigenvalue weighted by Gasteiger charge is 2.09. The van der Waals surface area contributed by atoms with Gasteiger partial charge in [0.2, 0.25) is 5.91 Å². The van der Waals surface area contributed by atoms with Crippen molar-refractivity contribution in [1.29, 1.82) is 0 Å². The highest BCUT2D eigenvalue weighted by atomic mass is 79.9. The second-order valence-corrected chi connectivity index (χ2v) is 5.01. The van der Waals surface area contributed by atoms with E-state index >= 15 is 0 Å². The quantitative estimate of drug-likeness (QED) is 0.846. The molecule has 1 rings (SSSR count). The van der Waals surface area contributed by atoms with Crippen LogP contribution in [0.4, 0.5) is 0 Å². The number of hydrogen-bond donors (Lipinski definition) is 2. The molecule has 0 aliphatic rings. The molecule has 0 bridgehead atoms. The van der Waals surface area contributed by atoms with Gasteiger partial charge in [0.05, 0.1) is 0 Å². The SMILES string of the molecule is CC(Cc1ccccc1Br)NC(=O)CCCN. The zero-order valence-corrected chi connectivity index (χ0v) is 11.7. The topological polar surface area (TPSA) is 55.1 Å². The Bertz CT molecular complexity index is 368. The van der Waals surface area contributed by atoms with E-state index < -0.39 is 0 Å². The predicted molar refractivity (Wildman–Crippen MR) is 73.7 cm³/mol. The summed E-state index contributed by atoms with van der Waals surface area (Å²) < 4.78 is 1.09. The highest BCUT2D eigenvalue weighted by molar-refractivity contribution is 9.10. The summed E-state index contributed by atoms with van der Waals surface area (Å²) in [5, 5.41) is 2.98. The fourth-order valence-corrected chi connectivity index (χ4v) is 2.10. The molecule has 1 aromatic rings. The Kier molecular flexibility index (Phi) is 6.22. The standard InChI is InChI=1S/C13H19BrN2O/c1-10(16-13(17)7-4-8-15)9-11-5-2-3-6-12(11)14/h2-3,5-6,10H,4,7-9,15H2,1H3,(H,16,17). The minimum absolute atomic E-state index is 0.0787. The molecule has 0 radical (unpaired) electrons. The molecule has 0 saturated heterocycles. The zero-order chi connectivity index (χ0) is 12.7. The lowest BCUT2D eigenvalue weighted by atomic mass is 10.1. The molecule has 0 saturated carbocycles. The Morgan fingerprint density at radius 2 is 2.18 bits per heavy atom. The van der Waals surface area contributed by atoms with Gasteiger partial charge in [-0.1, -0.05) is 34.1 Å². The molecule has 1 atom stereocenters. The Balaban J connectivity index is 2.42. The molecule has 1 unspecified atom stereocenters. The first-order valence-corrected chi connectivity index (χ1v) is 6.65. The first-order valence-electron chi connectivity index (χ1n) is 5.86. The van der Waals surface area contributed by atoms with Gasteiger partial charge in [0, 0.05) is 16.9 Å². The van der Waals surface area contributed by atoms with Crippen molar-refractivity contribution < 1.29 is 4.79 Å². The molecule has 3 nitrogen and oxygen atoms in total. The van der Waals surface area contributed by atoms with E-state index in [2.05, 4.69) is 27.3 Å². The second-order valence-electron chi connectivity index (χ2n) is 4.16. The lowest BCUT2D eigenvalue weighted by Crippen LogP contribution is -2.34. The van der Waals surface area contributed by atoms with Gasteiger partial charge in [-0.15, -0.1) is 0 Å². The van der Waals surface area contributed by atoms with E-state index in [1.807, 2.05) is 25.1 Å². The number of carbonyl (C=O) groups excluding carboxylic acids is 1. The summed E-state index contributed by atoms with van der Waals surface area (Å²) in [4.78, 5) is 11.5. The average molecular weight is 299 g/mol. The van der Waals surface area contributed by atoms with Gasteiger partial charge in [0.1, 0.15) is 0 Å². The van der Waals surface area contributed by atoms with Gasteiger partial charge in [-0.2, -0.15) is 0 Å². The van der Waals surface area contributed by atoms with Crippen molar-refractivity contribution in [2.24, 2.45) is 5.73 Å². The summed E-state index contributed by atoms with van der Waals surface area (Å²) >= 11 is 3.50. The molecule has 1 amide bonds. The van der Waals surface area contributed by atoms with Crippen LogP contribution in [0, 0.1) is 0 Å². The van der Waals surface area contributed by atoms with Gasteiger partial charge in [-0.3, -0.25) is 4.79 Å². The van der Waals surface area contributed by atoms with E-state index in [4.69, 9.17) is 5.73 Å². The lowest BCUT2D eigenvalue weighted by molar-refractivity contribution is -0.121. The molecule has 0 fully saturated rings. The third kappa shape index (κ3) is 5.33. The van der Waals surface area contributed by atoms with E-state index in [1.165, 1.54) is 5.56 Å². The van der Waals surface area contributed by atoms with Gasteiger partial charge < -0.3 is 11.1 Å². The Morgan fingerprint density at radius 1 is 1.47 bits per heavy atom. The largest absolute Gasteiger partial charge is 0.353 e. The first kappa shape index (κ1) is 14.2. The van der Waals surface area contributed by atoms with Gasteiger partial charge in [-0.05, 0) is 37.9 Å². The van der Waals surface area contributed by atoms with Crippen molar-refractivity contribution in [3.05, 3.63) is 34.3 Å². The van der Waals surface area contributed by atoms with Crippen LogP contribution in [0.1, 0.15) is 25.3 Å². The summed E-state index contributed by atoms with van der Waals surface area (Å²) in [6.07, 6.45) is 2.08. The smallest absolute Gasteiger partial charge is 0.220 e. The Hall–Kier alpha value is -0.870. The first-order chi connectivity index (χ1) is 8.13. The number of benzene rings is 1. The fraction of sp³-hybridized carbons (Fsp3) is 0.462. The second kappa shape index (κ2) is 7.45. The van der Waals surface area contributed by atoms with E-state index in [9.17, 15) is 4.79 Å². The van der Waals surface area contributed by atoms with Crippen LogP contribution in [0.25, 0.3) is 0 Å². The van der Waals surface area contributed by atoms with Gasteiger partial charge in [-0.25, -0.2) is 0 Å². The number of nitrogens with two attached hydrogens (primary N) is 1. The van der Waals surface area contributed by atoms with E-state index in [1.54, 1.807) is 0 Å². The summed E-state index contributed by atoms with van der Waals surface area (Å²) in [7, 11) is 0. The van der Waals surface area contributed by atoms with Crippen molar-refractivity contribution in [1.82, 2.24) is 5.32 Å². The maximum Gasteiger partial charge on any atom is 0.220 e. The number of carbonyl (C=O) groups is 1. The predicted octanol–water partition coefficient (Wildman–Crippen LogP) is 2.24. The van der Waals surface area contributed by atoms with Crippen LogP contribution < -0.4 is 11.1 Å². The monoisotopic (exact) mass is 298 g/mol. The molecular formula is C13H19BrN2O. The van der Waals surface area contributed by atoms with Crippen LogP contribution in [0.5, 0.6) is 0 Å². The summed E-state index contributed by atoms with van der Waals surface area (Å²) in [5.74, 6) is 0.0787. The maximum atomic E-state index is 11.5. The van der Waals surface area contributed by atoms with Gasteiger partial charge in [0.25, 0.3) is 0 Å². The maximum absolute atomic E-state index is 11.5. The van der Waals surface area contributed by atoms with Crippen molar-refractivity contribution in [3.8, 4) is 0 Å². The minimum Gasteiger partial charge on any atom is -0.353 e. The number of rotatable bonds is 6. The van der Waals surface area contributed by atoms with Crippen LogP contribution in [-0.2, 0) is 11.2 Å². The van der Waals surface area contributed by atoms with Crippen LogP contribution in [0.15, 0.2) is 28.7 Å². The average Bonchev–Trinajstić information content (AvgIpc) is 2.29. The zero-order valence-electron chi connectivity index (χ0n) is 10.1. The highest BCUT2D eigenvalue weighted by Crippen LogP contribution is 2.17. The Labute approximate surface area is 111 Å². The van der Waals surface area contributed by atoms with Crippen molar-refractivity contribution in [2.45, 2.75) is 32.2 Å². The van der Waals surface area contributed by atoms with E-state index in [-0.39, 0.29) is 11.9 Å². The lowest BCUT2D eigenvalue weighted by Gasteiger charge is -2.14. The minimum atomic E-state index is 0.0787. The molecular weight excluding hydrogens is 280 g/mol.